The molecule has 0 saturated heterocycles. The van der Waals surface area contributed by atoms with E-state index in [0.29, 0.717) is 0 Å². The van der Waals surface area contributed by atoms with Gasteiger partial charge in [-0.1, -0.05) is 31.5 Å². The minimum atomic E-state index is 0.149. The fraction of sp³-hybridized carbons (Fsp3) is 0.429. The molecule has 9 heavy (non-hydrogen) atoms. The van der Waals surface area contributed by atoms with Crippen LogP contribution in [0.4, 0.5) is 0 Å². The Morgan fingerprint density at radius 3 is 3.11 bits per heavy atom. The molecule has 0 aromatic carbocycles. The van der Waals surface area contributed by atoms with Gasteiger partial charge in [0.15, 0.2) is 0 Å². The molecule has 0 nitrogen and oxygen atoms in total. The van der Waals surface area contributed by atoms with Crippen LogP contribution in [-0.2, 0) is 0 Å². The molecule has 50 valence electrons. The van der Waals surface area contributed by atoms with E-state index in [1.54, 1.807) is 4.50 Å². The van der Waals surface area contributed by atoms with Gasteiger partial charge in [0, 0.05) is 0 Å². The van der Waals surface area contributed by atoms with Crippen molar-refractivity contribution >= 4 is 25.4 Å². The van der Waals surface area contributed by atoms with E-state index in [9.17, 15) is 0 Å². The Balaban J connectivity index is 2.30. The largest absolute Gasteiger partial charge is 0.154 e. The van der Waals surface area contributed by atoms with Gasteiger partial charge in [-0.15, -0.1) is 0 Å². The Morgan fingerprint density at radius 1 is 1.67 bits per heavy atom. The first-order chi connectivity index (χ1) is 4.43. The van der Waals surface area contributed by atoms with Crippen LogP contribution in [0, 0.1) is 0 Å². The molecule has 0 radical (unpaired) electrons. The number of hydrogen-bond donors (Lipinski definition) is 0. The third kappa shape index (κ3) is 2.33. The van der Waals surface area contributed by atoms with Crippen molar-refractivity contribution in [3.63, 3.8) is 0 Å². The van der Waals surface area contributed by atoms with E-state index in [1.165, 1.54) is 12.5 Å². The highest BCUT2D eigenvalue weighted by Crippen LogP contribution is 1.94. The number of rotatable bonds is 3. The van der Waals surface area contributed by atoms with Crippen LogP contribution in [0.25, 0.3) is 0 Å². The van der Waals surface area contributed by atoms with Gasteiger partial charge >= 0.3 is 0 Å². The SMILES string of the molecule is CCC[SiH2]c1cccs1. The lowest BCUT2D eigenvalue weighted by molar-refractivity contribution is 1.08. The molecule has 0 saturated carbocycles. The summed E-state index contributed by atoms with van der Waals surface area (Å²) < 4.78 is 1.66. The molecule has 0 amide bonds. The first-order valence-corrected chi connectivity index (χ1v) is 6.04. The molecule has 1 aromatic heterocycles. The zero-order chi connectivity index (χ0) is 6.53. The molecule has 0 aliphatic rings. The monoisotopic (exact) mass is 156 g/mol. The number of hydrogen-bond acceptors (Lipinski definition) is 1. The van der Waals surface area contributed by atoms with Gasteiger partial charge in [0.1, 0.15) is 0 Å². The fourth-order valence-electron chi connectivity index (χ4n) is 0.806. The molecule has 1 aromatic rings. The molecule has 0 atom stereocenters. The summed E-state index contributed by atoms with van der Waals surface area (Å²) in [5.41, 5.74) is 0. The lowest BCUT2D eigenvalue weighted by Crippen LogP contribution is -2.06. The van der Waals surface area contributed by atoms with Gasteiger partial charge in [0.2, 0.25) is 0 Å². The second-order valence-electron chi connectivity index (χ2n) is 2.18. The van der Waals surface area contributed by atoms with Gasteiger partial charge in [-0.2, -0.15) is 11.3 Å². The van der Waals surface area contributed by atoms with E-state index in [0.717, 1.165) is 0 Å². The summed E-state index contributed by atoms with van der Waals surface area (Å²) in [6, 6.07) is 5.90. The number of thiophene rings is 1. The Kier molecular flexibility index (Phi) is 3.01. The summed E-state index contributed by atoms with van der Waals surface area (Å²) in [4.78, 5) is 0. The van der Waals surface area contributed by atoms with Crippen molar-refractivity contribution in [2.24, 2.45) is 0 Å². The molecule has 0 spiro atoms. The molecule has 0 fully saturated rings. The molecular formula is C7H12SSi. The van der Waals surface area contributed by atoms with Crippen LogP contribution in [0.15, 0.2) is 17.5 Å². The molecule has 0 unspecified atom stereocenters. The molecule has 1 heterocycles. The van der Waals surface area contributed by atoms with Crippen LogP contribution < -0.4 is 4.50 Å². The zero-order valence-corrected chi connectivity index (χ0v) is 7.99. The summed E-state index contributed by atoms with van der Waals surface area (Å²) in [5, 5.41) is 2.18. The molecule has 0 bridgehead atoms. The standard InChI is InChI=1S/C7H12SSi/c1-2-6-9-7-4-3-5-8-7/h3-5H,2,6,9H2,1H3. The Hall–Kier alpha value is -0.0831. The maximum atomic E-state index is 2.27. The second-order valence-corrected chi connectivity index (χ2v) is 5.70. The molecule has 2 heteroatoms. The highest BCUT2D eigenvalue weighted by molar-refractivity contribution is 7.19. The minimum absolute atomic E-state index is 0.149. The van der Waals surface area contributed by atoms with Crippen molar-refractivity contribution in [2.45, 2.75) is 19.4 Å². The molecular weight excluding hydrogens is 144 g/mol. The van der Waals surface area contributed by atoms with E-state index in [4.69, 9.17) is 0 Å². The minimum Gasteiger partial charge on any atom is -0.154 e. The normalized spacial score (nSPS) is 11.2. The van der Waals surface area contributed by atoms with Gasteiger partial charge in [-0.25, -0.2) is 0 Å². The average Bonchev–Trinajstić information content (AvgIpc) is 2.34. The van der Waals surface area contributed by atoms with Gasteiger partial charge < -0.3 is 0 Å². The summed E-state index contributed by atoms with van der Waals surface area (Å²) in [6.07, 6.45) is 1.37. The first-order valence-electron chi connectivity index (χ1n) is 3.46. The van der Waals surface area contributed by atoms with Crippen molar-refractivity contribution in [1.82, 2.24) is 0 Å². The molecule has 0 aliphatic heterocycles. The highest BCUT2D eigenvalue weighted by atomic mass is 32.1. The quantitative estimate of drug-likeness (QED) is 0.580. The van der Waals surface area contributed by atoms with Crippen LogP contribution in [0.1, 0.15) is 13.3 Å². The predicted octanol–water partition coefficient (Wildman–Crippen LogP) is 1.37. The van der Waals surface area contributed by atoms with Crippen LogP contribution in [0.3, 0.4) is 0 Å². The van der Waals surface area contributed by atoms with Crippen molar-refractivity contribution < 1.29 is 0 Å². The Morgan fingerprint density at radius 2 is 2.56 bits per heavy atom. The van der Waals surface area contributed by atoms with E-state index in [1.807, 2.05) is 11.3 Å². The zero-order valence-electron chi connectivity index (χ0n) is 5.76. The van der Waals surface area contributed by atoms with Crippen molar-refractivity contribution in [3.05, 3.63) is 17.5 Å². The molecule has 0 N–H and O–H groups in total. The summed E-state index contributed by atoms with van der Waals surface area (Å²) in [6.45, 7) is 2.26. The van der Waals surface area contributed by atoms with Gasteiger partial charge in [-0.05, 0) is 9.88 Å². The fourth-order valence-corrected chi connectivity index (χ4v) is 3.49. The topological polar surface area (TPSA) is 0 Å². The van der Waals surface area contributed by atoms with E-state index < -0.39 is 0 Å². The maximum absolute atomic E-state index is 2.27. The summed E-state index contributed by atoms with van der Waals surface area (Å²) in [7, 11) is 0.149. The lowest BCUT2D eigenvalue weighted by atomic mass is 10.6. The third-order valence-electron chi connectivity index (χ3n) is 1.36. The van der Waals surface area contributed by atoms with E-state index in [2.05, 4.69) is 24.4 Å². The van der Waals surface area contributed by atoms with E-state index in [-0.39, 0.29) is 9.52 Å². The van der Waals surface area contributed by atoms with Crippen LogP contribution in [0.2, 0.25) is 6.04 Å². The van der Waals surface area contributed by atoms with Gasteiger partial charge in [0.05, 0.1) is 9.52 Å². The maximum Gasteiger partial charge on any atom is 0.0676 e. The Labute approximate surface area is 62.7 Å². The second kappa shape index (κ2) is 3.85. The molecule has 1 rings (SSSR count). The molecule has 0 aliphatic carbocycles. The van der Waals surface area contributed by atoms with Gasteiger partial charge in [-0.3, -0.25) is 0 Å². The van der Waals surface area contributed by atoms with Crippen LogP contribution in [-0.4, -0.2) is 9.52 Å². The van der Waals surface area contributed by atoms with Crippen molar-refractivity contribution in [3.8, 4) is 0 Å². The smallest absolute Gasteiger partial charge is 0.0676 e. The average molecular weight is 156 g/mol. The predicted molar refractivity (Wildman–Crippen MR) is 47.6 cm³/mol. The lowest BCUT2D eigenvalue weighted by Gasteiger charge is -1.89. The highest BCUT2D eigenvalue weighted by Gasteiger charge is 1.90. The van der Waals surface area contributed by atoms with Crippen molar-refractivity contribution in [1.29, 1.82) is 0 Å². The van der Waals surface area contributed by atoms with Crippen LogP contribution >= 0.6 is 11.3 Å². The summed E-state index contributed by atoms with van der Waals surface area (Å²) >= 11 is 1.92. The first kappa shape index (κ1) is 7.03. The van der Waals surface area contributed by atoms with Crippen molar-refractivity contribution in [2.75, 3.05) is 0 Å². The van der Waals surface area contributed by atoms with Crippen LogP contribution in [0.5, 0.6) is 0 Å². The summed E-state index contributed by atoms with van der Waals surface area (Å²) in [5.74, 6) is 0. The van der Waals surface area contributed by atoms with Gasteiger partial charge in [0.25, 0.3) is 0 Å². The Bertz CT molecular complexity index is 146. The third-order valence-corrected chi connectivity index (χ3v) is 4.99. The van der Waals surface area contributed by atoms with E-state index >= 15 is 0 Å².